The third-order valence-electron chi connectivity index (χ3n) is 4.50. The highest BCUT2D eigenvalue weighted by atomic mass is 16.2. The van der Waals surface area contributed by atoms with E-state index in [1.165, 1.54) is 0 Å². The highest BCUT2D eigenvalue weighted by Crippen LogP contribution is 2.27. The molecule has 0 spiro atoms. The van der Waals surface area contributed by atoms with Gasteiger partial charge in [0, 0.05) is 31.7 Å². The van der Waals surface area contributed by atoms with Gasteiger partial charge in [-0.2, -0.15) is 0 Å². The highest BCUT2D eigenvalue weighted by Gasteiger charge is 2.35. The SMILES string of the molecule is C[C@@H]1CN(C)CCN1[C@H](C(=O)NC1CC1)c1ccccc1. The van der Waals surface area contributed by atoms with Crippen LogP contribution in [0.1, 0.15) is 31.4 Å². The number of hydrogen-bond donors (Lipinski definition) is 1. The van der Waals surface area contributed by atoms with Gasteiger partial charge in [0.2, 0.25) is 5.91 Å². The second-order valence-corrected chi connectivity index (χ2v) is 6.45. The number of rotatable bonds is 4. The van der Waals surface area contributed by atoms with E-state index in [0.29, 0.717) is 12.1 Å². The summed E-state index contributed by atoms with van der Waals surface area (Å²) in [5.74, 6) is 0.167. The summed E-state index contributed by atoms with van der Waals surface area (Å²) in [5, 5.41) is 3.19. The number of carbonyl (C=O) groups is 1. The molecule has 0 radical (unpaired) electrons. The average molecular weight is 287 g/mol. The predicted molar refractivity (Wildman–Crippen MR) is 84.0 cm³/mol. The van der Waals surface area contributed by atoms with Crippen LogP contribution in [0.3, 0.4) is 0 Å². The number of nitrogens with one attached hydrogen (secondary N) is 1. The molecule has 1 amide bonds. The maximum atomic E-state index is 12.8. The first-order chi connectivity index (χ1) is 10.1. The van der Waals surface area contributed by atoms with Gasteiger partial charge in [-0.3, -0.25) is 9.69 Å². The van der Waals surface area contributed by atoms with E-state index in [4.69, 9.17) is 0 Å². The Kier molecular flexibility index (Phi) is 4.27. The fourth-order valence-electron chi connectivity index (χ4n) is 3.17. The Bertz CT molecular complexity index is 486. The van der Waals surface area contributed by atoms with Crippen molar-refractivity contribution in [3.8, 4) is 0 Å². The molecule has 1 aliphatic carbocycles. The normalized spacial score (nSPS) is 25.5. The van der Waals surface area contributed by atoms with E-state index >= 15 is 0 Å². The van der Waals surface area contributed by atoms with Gasteiger partial charge in [-0.15, -0.1) is 0 Å². The summed E-state index contributed by atoms with van der Waals surface area (Å²) in [7, 11) is 2.15. The summed E-state index contributed by atoms with van der Waals surface area (Å²) in [4.78, 5) is 17.4. The largest absolute Gasteiger partial charge is 0.352 e. The molecule has 1 aromatic carbocycles. The Morgan fingerprint density at radius 2 is 1.95 bits per heavy atom. The molecule has 21 heavy (non-hydrogen) atoms. The Hall–Kier alpha value is -1.39. The maximum absolute atomic E-state index is 12.8. The van der Waals surface area contributed by atoms with Gasteiger partial charge in [-0.1, -0.05) is 30.3 Å². The molecule has 1 aliphatic heterocycles. The van der Waals surface area contributed by atoms with Gasteiger partial charge in [0.25, 0.3) is 0 Å². The number of likely N-dealkylation sites (N-methyl/N-ethyl adjacent to an activating group) is 1. The van der Waals surface area contributed by atoms with Crippen molar-refractivity contribution in [1.82, 2.24) is 15.1 Å². The lowest BCUT2D eigenvalue weighted by Gasteiger charge is -2.42. The van der Waals surface area contributed by atoms with Crippen molar-refractivity contribution < 1.29 is 4.79 Å². The van der Waals surface area contributed by atoms with Crippen molar-refractivity contribution in [2.24, 2.45) is 0 Å². The highest BCUT2D eigenvalue weighted by molar-refractivity contribution is 5.83. The van der Waals surface area contributed by atoms with Gasteiger partial charge in [0.15, 0.2) is 0 Å². The first-order valence-electron chi connectivity index (χ1n) is 7.95. The molecule has 2 atom stereocenters. The van der Waals surface area contributed by atoms with Crippen molar-refractivity contribution in [3.63, 3.8) is 0 Å². The van der Waals surface area contributed by atoms with Crippen LogP contribution in [0, 0.1) is 0 Å². The fourth-order valence-corrected chi connectivity index (χ4v) is 3.17. The van der Waals surface area contributed by atoms with Crippen molar-refractivity contribution >= 4 is 5.91 Å². The zero-order valence-electron chi connectivity index (χ0n) is 13.0. The molecule has 3 rings (SSSR count). The Morgan fingerprint density at radius 3 is 2.57 bits per heavy atom. The van der Waals surface area contributed by atoms with Crippen molar-refractivity contribution in [3.05, 3.63) is 35.9 Å². The second kappa shape index (κ2) is 6.16. The number of benzene rings is 1. The van der Waals surface area contributed by atoms with Crippen LogP contribution in [0.4, 0.5) is 0 Å². The van der Waals surface area contributed by atoms with Gasteiger partial charge in [0.1, 0.15) is 6.04 Å². The van der Waals surface area contributed by atoms with E-state index in [0.717, 1.165) is 38.0 Å². The second-order valence-electron chi connectivity index (χ2n) is 6.45. The molecule has 4 nitrogen and oxygen atoms in total. The first-order valence-corrected chi connectivity index (χ1v) is 7.95. The maximum Gasteiger partial charge on any atom is 0.242 e. The summed E-state index contributed by atoms with van der Waals surface area (Å²) in [6, 6.07) is 10.8. The van der Waals surface area contributed by atoms with Gasteiger partial charge < -0.3 is 10.2 Å². The third kappa shape index (κ3) is 3.44. The average Bonchev–Trinajstić information content (AvgIpc) is 3.27. The van der Waals surface area contributed by atoms with Crippen molar-refractivity contribution in [2.75, 3.05) is 26.7 Å². The molecule has 1 N–H and O–H groups in total. The lowest BCUT2D eigenvalue weighted by Crippen LogP contribution is -2.54. The predicted octanol–water partition coefficient (Wildman–Crippen LogP) is 1.64. The van der Waals surface area contributed by atoms with Crippen molar-refractivity contribution in [2.45, 2.75) is 37.9 Å². The molecular formula is C17H25N3O. The van der Waals surface area contributed by atoms with Crippen LogP contribution in [-0.4, -0.2) is 54.5 Å². The van der Waals surface area contributed by atoms with Gasteiger partial charge >= 0.3 is 0 Å². The van der Waals surface area contributed by atoms with Crippen LogP contribution in [0.25, 0.3) is 0 Å². The monoisotopic (exact) mass is 287 g/mol. The molecule has 1 saturated carbocycles. The number of hydrogen-bond acceptors (Lipinski definition) is 3. The minimum Gasteiger partial charge on any atom is -0.352 e. The molecule has 4 heteroatoms. The zero-order valence-corrected chi connectivity index (χ0v) is 13.0. The minimum atomic E-state index is -0.157. The van der Waals surface area contributed by atoms with E-state index in [9.17, 15) is 4.79 Å². The number of piperazine rings is 1. The van der Waals surface area contributed by atoms with E-state index in [1.807, 2.05) is 18.2 Å². The molecule has 1 aromatic rings. The van der Waals surface area contributed by atoms with E-state index in [2.05, 4.69) is 41.2 Å². The third-order valence-corrected chi connectivity index (χ3v) is 4.50. The van der Waals surface area contributed by atoms with Crippen LogP contribution < -0.4 is 5.32 Å². The molecule has 114 valence electrons. The van der Waals surface area contributed by atoms with Crippen LogP contribution in [0.15, 0.2) is 30.3 Å². The first kappa shape index (κ1) is 14.5. The minimum absolute atomic E-state index is 0.157. The molecule has 2 aliphatic rings. The molecule has 1 heterocycles. The zero-order chi connectivity index (χ0) is 14.8. The van der Waals surface area contributed by atoms with Gasteiger partial charge in [0.05, 0.1) is 0 Å². The summed E-state index contributed by atoms with van der Waals surface area (Å²) in [5.41, 5.74) is 1.10. The quantitative estimate of drug-likeness (QED) is 0.914. The standard InChI is InChI=1S/C17H25N3O/c1-13-12-19(2)10-11-20(13)16(14-6-4-3-5-7-14)17(21)18-15-8-9-15/h3-7,13,15-16H,8-12H2,1-2H3,(H,18,21)/t13-,16+/m1/s1. The van der Waals surface area contributed by atoms with Crippen molar-refractivity contribution in [1.29, 1.82) is 0 Å². The van der Waals surface area contributed by atoms with E-state index < -0.39 is 0 Å². The van der Waals surface area contributed by atoms with Crippen LogP contribution >= 0.6 is 0 Å². The summed E-state index contributed by atoms with van der Waals surface area (Å²) in [6.07, 6.45) is 2.26. The number of nitrogens with zero attached hydrogens (tertiary/aromatic N) is 2. The number of amides is 1. The molecule has 1 saturated heterocycles. The smallest absolute Gasteiger partial charge is 0.242 e. The molecule has 0 bridgehead atoms. The Morgan fingerprint density at radius 1 is 1.24 bits per heavy atom. The lowest BCUT2D eigenvalue weighted by molar-refractivity contribution is -0.128. The van der Waals surface area contributed by atoms with Gasteiger partial charge in [-0.05, 0) is 32.4 Å². The molecule has 2 fully saturated rings. The van der Waals surface area contributed by atoms with E-state index in [1.54, 1.807) is 0 Å². The lowest BCUT2D eigenvalue weighted by atomic mass is 10.0. The Balaban J connectivity index is 1.82. The molecule has 0 aromatic heterocycles. The topological polar surface area (TPSA) is 35.6 Å². The van der Waals surface area contributed by atoms with E-state index in [-0.39, 0.29) is 11.9 Å². The summed E-state index contributed by atoms with van der Waals surface area (Å²) in [6.45, 7) is 5.19. The van der Waals surface area contributed by atoms with Gasteiger partial charge in [-0.25, -0.2) is 0 Å². The molecular weight excluding hydrogens is 262 g/mol. The van der Waals surface area contributed by atoms with Crippen LogP contribution in [0.5, 0.6) is 0 Å². The summed E-state index contributed by atoms with van der Waals surface area (Å²) >= 11 is 0. The van der Waals surface area contributed by atoms with Crippen LogP contribution in [-0.2, 0) is 4.79 Å². The van der Waals surface area contributed by atoms with Crippen LogP contribution in [0.2, 0.25) is 0 Å². The Labute approximate surface area is 127 Å². The summed E-state index contributed by atoms with van der Waals surface area (Å²) < 4.78 is 0. The fraction of sp³-hybridized carbons (Fsp3) is 0.588. The number of carbonyl (C=O) groups excluding carboxylic acids is 1. The molecule has 0 unspecified atom stereocenters.